The van der Waals surface area contributed by atoms with Crippen molar-refractivity contribution in [2.45, 2.75) is 30.6 Å². The average Bonchev–Trinajstić information content (AvgIpc) is 2.24. The van der Waals surface area contributed by atoms with Crippen LogP contribution < -0.4 is 4.72 Å². The van der Waals surface area contributed by atoms with Gasteiger partial charge >= 0.3 is 0 Å². The van der Waals surface area contributed by atoms with Gasteiger partial charge in [-0.05, 0) is 0 Å². The number of methoxy groups -OCH3 is 1. The van der Waals surface area contributed by atoms with E-state index < -0.39 is 47.3 Å². The van der Waals surface area contributed by atoms with Crippen LogP contribution in [0.2, 0.25) is 0 Å². The quantitative estimate of drug-likeness (QED) is 0.429. The summed E-state index contributed by atoms with van der Waals surface area (Å²) in [7, 11) is -2.33. The minimum absolute atomic E-state index is 0.510. The molecule has 17 heavy (non-hydrogen) atoms. The number of sulfonamides is 1. The summed E-state index contributed by atoms with van der Waals surface area (Å²) in [5.41, 5.74) is 0. The van der Waals surface area contributed by atoms with Crippen LogP contribution in [0, 0.1) is 0 Å². The first-order valence-corrected chi connectivity index (χ1v) is 6.82. The highest BCUT2D eigenvalue weighted by Gasteiger charge is 2.45. The third kappa shape index (κ3) is 3.58. The number of aliphatic hydroxyl groups excluding tert-OH is 3. The molecule has 0 aromatic carbocycles. The molecule has 1 aliphatic heterocycles. The van der Waals surface area contributed by atoms with Crippen LogP contribution in [-0.2, 0) is 19.5 Å². The van der Waals surface area contributed by atoms with E-state index in [-0.39, 0.29) is 0 Å². The second-order valence-electron chi connectivity index (χ2n) is 3.86. The zero-order valence-corrected chi connectivity index (χ0v) is 10.3. The van der Waals surface area contributed by atoms with E-state index in [2.05, 4.69) is 4.72 Å². The fourth-order valence-electron chi connectivity index (χ4n) is 1.66. The van der Waals surface area contributed by atoms with Gasteiger partial charge in [-0.3, -0.25) is 0 Å². The normalized spacial score (nSPS) is 39.2. The number of hydrogen-bond acceptors (Lipinski definition) is 7. The fraction of sp³-hybridized carbons (Fsp3) is 1.00. The topological polar surface area (TPSA) is 125 Å². The lowest BCUT2D eigenvalue weighted by molar-refractivity contribution is -0.260. The molecule has 4 N–H and O–H groups in total. The molecule has 1 unspecified atom stereocenters. The monoisotopic (exact) mass is 271 g/mol. The molecule has 1 heterocycles. The number of hydrogen-bond donors (Lipinski definition) is 4. The molecule has 5 atom stereocenters. The van der Waals surface area contributed by atoms with E-state index in [9.17, 15) is 18.6 Å². The maximum Gasteiger partial charge on any atom is 0.209 e. The minimum atomic E-state index is -3.59. The maximum atomic E-state index is 11.1. The van der Waals surface area contributed by atoms with Crippen molar-refractivity contribution in [2.75, 3.05) is 20.0 Å². The van der Waals surface area contributed by atoms with E-state index >= 15 is 0 Å². The summed E-state index contributed by atoms with van der Waals surface area (Å²) >= 11 is 0. The Balaban J connectivity index is 2.87. The fourth-order valence-corrected chi connectivity index (χ4v) is 2.40. The number of ether oxygens (including phenoxy) is 2. The van der Waals surface area contributed by atoms with Gasteiger partial charge in [-0.25, -0.2) is 13.1 Å². The second kappa shape index (κ2) is 5.57. The van der Waals surface area contributed by atoms with Crippen molar-refractivity contribution in [1.82, 2.24) is 4.72 Å². The zero-order valence-electron chi connectivity index (χ0n) is 9.48. The highest BCUT2D eigenvalue weighted by atomic mass is 32.2. The Labute approximate surface area is 99.2 Å². The molecule has 1 fully saturated rings. The van der Waals surface area contributed by atoms with E-state index in [1.165, 1.54) is 7.11 Å². The van der Waals surface area contributed by atoms with E-state index in [4.69, 9.17) is 14.6 Å². The Hall–Kier alpha value is -0.290. The molecule has 0 spiro atoms. The highest BCUT2D eigenvalue weighted by molar-refractivity contribution is 7.88. The molecule has 1 aliphatic rings. The zero-order chi connectivity index (χ0) is 13.2. The maximum absolute atomic E-state index is 11.1. The van der Waals surface area contributed by atoms with Gasteiger partial charge in [0.25, 0.3) is 0 Å². The van der Waals surface area contributed by atoms with Crippen molar-refractivity contribution in [3.05, 3.63) is 0 Å². The number of rotatable bonds is 4. The first-order valence-electron chi connectivity index (χ1n) is 4.92. The molecule has 9 heteroatoms. The molecular formula is C8H17NO7S. The molecule has 0 saturated carbocycles. The summed E-state index contributed by atoms with van der Waals surface area (Å²) in [4.78, 5) is 0. The van der Waals surface area contributed by atoms with Gasteiger partial charge in [-0.15, -0.1) is 0 Å². The standard InChI is InChI=1S/C8H17NO7S/c1-15-8-5(9-17(2,13)14)7(12)6(11)4(3-10)16-8/h4-12H,3H2,1-2H3/t4-,5-,6+,7-,8?/m1/s1. The first kappa shape index (κ1) is 14.8. The molecule has 0 aliphatic carbocycles. The largest absolute Gasteiger partial charge is 0.394 e. The Morgan fingerprint density at radius 1 is 1.35 bits per heavy atom. The van der Waals surface area contributed by atoms with Crippen LogP contribution in [0.1, 0.15) is 0 Å². The lowest BCUT2D eigenvalue weighted by Crippen LogP contribution is -2.64. The van der Waals surface area contributed by atoms with Crippen LogP contribution in [0.15, 0.2) is 0 Å². The van der Waals surface area contributed by atoms with Crippen LogP contribution in [-0.4, -0.2) is 74.4 Å². The van der Waals surface area contributed by atoms with Gasteiger partial charge < -0.3 is 24.8 Å². The van der Waals surface area contributed by atoms with Gasteiger partial charge in [0.1, 0.15) is 24.4 Å². The van der Waals surface area contributed by atoms with Crippen molar-refractivity contribution >= 4 is 10.0 Å². The first-order chi connectivity index (χ1) is 7.80. The molecule has 0 aromatic rings. The predicted octanol–water partition coefficient (Wildman–Crippen LogP) is -3.01. The summed E-state index contributed by atoms with van der Waals surface area (Å²) in [5, 5.41) is 28.3. The molecular weight excluding hydrogens is 254 g/mol. The summed E-state index contributed by atoms with van der Waals surface area (Å²) in [5.74, 6) is 0. The van der Waals surface area contributed by atoms with Crippen molar-refractivity contribution in [3.8, 4) is 0 Å². The summed E-state index contributed by atoms with van der Waals surface area (Å²) in [6.07, 6.45) is -4.02. The SMILES string of the molecule is COC1O[C@H](CO)[C@H](O)[C@H](O)[C@H]1NS(C)(=O)=O. The molecule has 1 rings (SSSR count). The Morgan fingerprint density at radius 2 is 1.94 bits per heavy atom. The van der Waals surface area contributed by atoms with E-state index in [0.717, 1.165) is 6.26 Å². The summed E-state index contributed by atoms with van der Waals surface area (Å²) in [6, 6.07) is -1.13. The van der Waals surface area contributed by atoms with Crippen molar-refractivity contribution in [1.29, 1.82) is 0 Å². The van der Waals surface area contributed by atoms with E-state index in [1.54, 1.807) is 0 Å². The van der Waals surface area contributed by atoms with Crippen molar-refractivity contribution in [3.63, 3.8) is 0 Å². The minimum Gasteiger partial charge on any atom is -0.394 e. The smallest absolute Gasteiger partial charge is 0.209 e. The van der Waals surface area contributed by atoms with Crippen LogP contribution in [0.4, 0.5) is 0 Å². The van der Waals surface area contributed by atoms with E-state index in [0.29, 0.717) is 0 Å². The highest BCUT2D eigenvalue weighted by Crippen LogP contribution is 2.21. The van der Waals surface area contributed by atoms with Crippen LogP contribution in [0.3, 0.4) is 0 Å². The second-order valence-corrected chi connectivity index (χ2v) is 5.64. The molecule has 0 aromatic heterocycles. The molecule has 0 bridgehead atoms. The Bertz CT molecular complexity index is 344. The molecule has 1 saturated heterocycles. The van der Waals surface area contributed by atoms with Crippen LogP contribution in [0.5, 0.6) is 0 Å². The third-order valence-electron chi connectivity index (χ3n) is 2.46. The van der Waals surface area contributed by atoms with Crippen molar-refractivity contribution < 1.29 is 33.2 Å². The van der Waals surface area contributed by atoms with Crippen LogP contribution in [0.25, 0.3) is 0 Å². The van der Waals surface area contributed by atoms with Gasteiger partial charge in [0.05, 0.1) is 12.9 Å². The third-order valence-corrected chi connectivity index (χ3v) is 3.16. The van der Waals surface area contributed by atoms with Gasteiger partial charge in [-0.2, -0.15) is 0 Å². The van der Waals surface area contributed by atoms with E-state index in [1.807, 2.05) is 0 Å². The van der Waals surface area contributed by atoms with Gasteiger partial charge in [-0.1, -0.05) is 0 Å². The average molecular weight is 271 g/mol. The molecule has 0 radical (unpaired) electrons. The molecule has 0 amide bonds. The van der Waals surface area contributed by atoms with Crippen molar-refractivity contribution in [2.24, 2.45) is 0 Å². The Kier molecular flexibility index (Phi) is 4.84. The van der Waals surface area contributed by atoms with Gasteiger partial charge in [0.15, 0.2) is 6.29 Å². The summed E-state index contributed by atoms with van der Waals surface area (Å²) < 4.78 is 34.3. The van der Waals surface area contributed by atoms with Crippen LogP contribution >= 0.6 is 0 Å². The molecule has 8 nitrogen and oxygen atoms in total. The summed E-state index contributed by atoms with van der Waals surface area (Å²) in [6.45, 7) is -0.510. The van der Waals surface area contributed by atoms with Gasteiger partial charge in [0.2, 0.25) is 10.0 Å². The number of aliphatic hydroxyl groups is 3. The predicted molar refractivity (Wildman–Crippen MR) is 56.5 cm³/mol. The lowest BCUT2D eigenvalue weighted by Gasteiger charge is -2.41. The van der Waals surface area contributed by atoms with Gasteiger partial charge in [0, 0.05) is 7.11 Å². The molecule has 102 valence electrons. The number of nitrogens with one attached hydrogen (secondary N) is 1. The lowest BCUT2D eigenvalue weighted by atomic mass is 9.98. The Morgan fingerprint density at radius 3 is 2.35 bits per heavy atom.